The highest BCUT2D eigenvalue weighted by atomic mass is 19.3. The van der Waals surface area contributed by atoms with Crippen LogP contribution in [0.1, 0.15) is 12.1 Å². The molecule has 0 aliphatic heterocycles. The van der Waals surface area contributed by atoms with Gasteiger partial charge in [-0.25, -0.2) is 29.1 Å². The molecule has 0 radical (unpaired) electrons. The molecule has 168 valence electrons. The first-order valence-electron chi connectivity index (χ1n) is 9.79. The number of methoxy groups -OCH3 is 1. The van der Waals surface area contributed by atoms with Gasteiger partial charge in [0.2, 0.25) is 11.7 Å². The van der Waals surface area contributed by atoms with Gasteiger partial charge < -0.3 is 14.6 Å². The summed E-state index contributed by atoms with van der Waals surface area (Å²) in [6.07, 6.45) is 7.76. The molecular weight excluding hydrogens is 434 g/mol. The third-order valence-electron chi connectivity index (χ3n) is 5.09. The predicted octanol–water partition coefficient (Wildman–Crippen LogP) is 3.24. The summed E-state index contributed by atoms with van der Waals surface area (Å²) < 4.78 is 35.3. The van der Waals surface area contributed by atoms with E-state index in [9.17, 15) is 8.78 Å². The molecule has 0 aliphatic carbocycles. The summed E-state index contributed by atoms with van der Waals surface area (Å²) in [5.41, 5.74) is 2.42. The number of halogens is 2. The van der Waals surface area contributed by atoms with Gasteiger partial charge in [0, 0.05) is 43.5 Å². The molecule has 5 aromatic rings. The molecule has 33 heavy (non-hydrogen) atoms. The van der Waals surface area contributed by atoms with Crippen LogP contribution in [0.4, 0.5) is 20.4 Å². The smallest absolute Gasteiger partial charge is 0.333 e. The average Bonchev–Trinajstić information content (AvgIpc) is 3.52. The maximum absolute atomic E-state index is 13.0. The van der Waals surface area contributed by atoms with Crippen LogP contribution in [0.25, 0.3) is 28.4 Å². The Balaban J connectivity index is 1.69. The minimum absolute atomic E-state index is 0.359. The van der Waals surface area contributed by atoms with E-state index in [1.54, 1.807) is 33.7 Å². The Morgan fingerprint density at radius 3 is 2.67 bits per heavy atom. The van der Waals surface area contributed by atoms with Crippen molar-refractivity contribution in [3.05, 3.63) is 48.8 Å². The van der Waals surface area contributed by atoms with Crippen molar-refractivity contribution in [1.29, 1.82) is 0 Å². The van der Waals surface area contributed by atoms with Crippen molar-refractivity contribution in [2.24, 2.45) is 7.05 Å². The van der Waals surface area contributed by atoms with E-state index in [-0.39, 0.29) is 0 Å². The predicted molar refractivity (Wildman–Crippen MR) is 114 cm³/mol. The number of hydrogen-bond donors (Lipinski definition) is 1. The normalized spacial score (nSPS) is 11.5. The molecule has 0 aliphatic rings. The van der Waals surface area contributed by atoms with Crippen molar-refractivity contribution in [2.75, 3.05) is 12.4 Å². The molecule has 5 aromatic heterocycles. The number of aryl methyl sites for hydroxylation is 2. The molecule has 0 aromatic carbocycles. The molecular formula is C20H18F2N10O. The number of anilines is 2. The SMILES string of the molecule is COc1cc(Nc2nc(-c3nccn3C)nn3cc(-c4ccn(C(F)F)n4)c(C)c23)ncn1. The molecule has 1 N–H and O–H groups in total. The highest BCUT2D eigenvalue weighted by molar-refractivity contribution is 5.84. The topological polar surface area (TPSA) is 113 Å². The summed E-state index contributed by atoms with van der Waals surface area (Å²) in [6, 6.07) is 3.16. The van der Waals surface area contributed by atoms with Gasteiger partial charge in [-0.2, -0.15) is 13.9 Å². The van der Waals surface area contributed by atoms with Gasteiger partial charge in [0.25, 0.3) is 0 Å². The van der Waals surface area contributed by atoms with Crippen molar-refractivity contribution >= 4 is 17.2 Å². The molecule has 0 fully saturated rings. The van der Waals surface area contributed by atoms with Crippen LogP contribution in [-0.2, 0) is 7.05 Å². The zero-order chi connectivity index (χ0) is 23.1. The molecule has 0 saturated carbocycles. The molecule has 0 atom stereocenters. The first-order chi connectivity index (χ1) is 15.9. The van der Waals surface area contributed by atoms with Gasteiger partial charge in [0.1, 0.15) is 17.7 Å². The first-order valence-corrected chi connectivity index (χ1v) is 9.79. The second kappa shape index (κ2) is 7.93. The largest absolute Gasteiger partial charge is 0.481 e. The zero-order valence-electron chi connectivity index (χ0n) is 17.8. The van der Waals surface area contributed by atoms with E-state index in [2.05, 4.69) is 35.5 Å². The second-order valence-corrected chi connectivity index (χ2v) is 7.14. The number of imidazole rings is 1. The number of nitrogens with zero attached hydrogens (tertiary/aromatic N) is 9. The summed E-state index contributed by atoms with van der Waals surface area (Å²) >= 11 is 0. The summed E-state index contributed by atoms with van der Waals surface area (Å²) in [5, 5.41) is 11.8. The monoisotopic (exact) mass is 452 g/mol. The number of alkyl halides is 2. The second-order valence-electron chi connectivity index (χ2n) is 7.14. The minimum atomic E-state index is -2.73. The quantitative estimate of drug-likeness (QED) is 0.418. The van der Waals surface area contributed by atoms with Crippen molar-refractivity contribution < 1.29 is 13.5 Å². The highest BCUT2D eigenvalue weighted by Crippen LogP contribution is 2.32. The number of ether oxygens (including phenoxy) is 1. The average molecular weight is 452 g/mol. The van der Waals surface area contributed by atoms with E-state index in [0.717, 1.165) is 5.56 Å². The van der Waals surface area contributed by atoms with Crippen molar-refractivity contribution in [3.8, 4) is 28.8 Å². The number of aromatic nitrogens is 9. The Hall–Kier alpha value is -4.42. The van der Waals surface area contributed by atoms with E-state index in [0.29, 0.717) is 50.6 Å². The van der Waals surface area contributed by atoms with E-state index in [1.807, 2.05) is 14.0 Å². The molecule has 11 nitrogen and oxygen atoms in total. The van der Waals surface area contributed by atoms with Gasteiger partial charge in [0.05, 0.1) is 12.8 Å². The molecule has 5 heterocycles. The number of nitrogens with one attached hydrogen (secondary N) is 1. The molecule has 5 rings (SSSR count). The first kappa shape index (κ1) is 20.5. The van der Waals surface area contributed by atoms with E-state index in [4.69, 9.17) is 4.74 Å². The van der Waals surface area contributed by atoms with Gasteiger partial charge >= 0.3 is 6.55 Å². The van der Waals surface area contributed by atoms with Crippen molar-refractivity contribution in [2.45, 2.75) is 13.5 Å². The Morgan fingerprint density at radius 1 is 1.12 bits per heavy atom. The van der Waals surface area contributed by atoms with E-state index < -0.39 is 6.55 Å². The van der Waals surface area contributed by atoms with E-state index >= 15 is 0 Å². The summed E-state index contributed by atoms with van der Waals surface area (Å²) in [4.78, 5) is 17.3. The van der Waals surface area contributed by atoms with Crippen LogP contribution in [0.5, 0.6) is 5.88 Å². The zero-order valence-corrected chi connectivity index (χ0v) is 17.8. The fourth-order valence-corrected chi connectivity index (χ4v) is 3.48. The van der Waals surface area contributed by atoms with Crippen LogP contribution >= 0.6 is 0 Å². The van der Waals surface area contributed by atoms with Crippen LogP contribution < -0.4 is 10.1 Å². The van der Waals surface area contributed by atoms with Crippen LogP contribution in [-0.4, -0.2) is 51.0 Å². The molecule has 0 bridgehead atoms. The van der Waals surface area contributed by atoms with Gasteiger partial charge in [-0.05, 0) is 18.6 Å². The fraction of sp³-hybridized carbons (Fsp3) is 0.200. The lowest BCUT2D eigenvalue weighted by Gasteiger charge is -2.10. The summed E-state index contributed by atoms with van der Waals surface area (Å²) in [7, 11) is 3.35. The van der Waals surface area contributed by atoms with Crippen molar-refractivity contribution in [1.82, 2.24) is 43.9 Å². The third-order valence-corrected chi connectivity index (χ3v) is 5.09. The molecule has 13 heteroatoms. The standard InChI is InChI=1S/C20H18F2N10O/c1-11-12(13-4-6-31(28-13)20(21)22)9-32-16(11)17(26-14-8-15(33-3)25-10-24-14)27-18(29-32)19-23-5-7-30(19)2/h4-10,20H,1-3H3,(H,24,25,26,27,29). The highest BCUT2D eigenvalue weighted by Gasteiger charge is 2.20. The number of fused-ring (bicyclic) bond motifs is 1. The van der Waals surface area contributed by atoms with Gasteiger partial charge in [-0.1, -0.05) is 0 Å². The maximum Gasteiger partial charge on any atom is 0.333 e. The summed E-state index contributed by atoms with van der Waals surface area (Å²) in [6.45, 7) is -0.877. The Bertz CT molecular complexity index is 1450. The van der Waals surface area contributed by atoms with Crippen LogP contribution in [0.2, 0.25) is 0 Å². The van der Waals surface area contributed by atoms with Crippen molar-refractivity contribution in [3.63, 3.8) is 0 Å². The van der Waals surface area contributed by atoms with Gasteiger partial charge in [0.15, 0.2) is 11.6 Å². The Labute approximate surface area is 185 Å². The van der Waals surface area contributed by atoms with E-state index in [1.165, 1.54) is 25.7 Å². The lowest BCUT2D eigenvalue weighted by Crippen LogP contribution is -2.07. The van der Waals surface area contributed by atoms with Gasteiger partial charge in [-0.15, -0.1) is 5.10 Å². The minimum Gasteiger partial charge on any atom is -0.481 e. The molecule has 0 saturated heterocycles. The fourth-order valence-electron chi connectivity index (χ4n) is 3.48. The van der Waals surface area contributed by atoms with Crippen LogP contribution in [0.3, 0.4) is 0 Å². The molecule has 0 spiro atoms. The lowest BCUT2D eigenvalue weighted by molar-refractivity contribution is 0.0568. The third kappa shape index (κ3) is 3.62. The maximum atomic E-state index is 13.0. The van der Waals surface area contributed by atoms with Crippen LogP contribution in [0.15, 0.2) is 43.2 Å². The number of rotatable bonds is 6. The molecule has 0 amide bonds. The number of hydrogen-bond acceptors (Lipinski definition) is 8. The molecule has 0 unspecified atom stereocenters. The Morgan fingerprint density at radius 2 is 1.97 bits per heavy atom. The van der Waals surface area contributed by atoms with Gasteiger partial charge in [-0.3, -0.25) is 0 Å². The van der Waals surface area contributed by atoms with Crippen LogP contribution in [0, 0.1) is 6.92 Å². The Kier molecular flexibility index (Phi) is 4.92. The lowest BCUT2D eigenvalue weighted by atomic mass is 10.1. The summed E-state index contributed by atoms with van der Waals surface area (Å²) in [5.74, 6) is 2.19.